The van der Waals surface area contributed by atoms with Crippen LogP contribution in [0.1, 0.15) is 32.3 Å². The number of carbonyl (C=O) groups excluding carboxylic acids is 1. The monoisotopic (exact) mass is 278 g/mol. The van der Waals surface area contributed by atoms with Crippen molar-refractivity contribution in [2.45, 2.75) is 33.1 Å². The van der Waals surface area contributed by atoms with Gasteiger partial charge in [0, 0.05) is 18.8 Å². The summed E-state index contributed by atoms with van der Waals surface area (Å²) in [4.78, 5) is 24.0. The number of urea groups is 1. The molecule has 0 aromatic heterocycles. The Morgan fingerprint density at radius 2 is 1.85 bits per heavy atom. The predicted molar refractivity (Wildman–Crippen MR) is 79.0 cm³/mol. The summed E-state index contributed by atoms with van der Waals surface area (Å²) in [5.41, 5.74) is 1.97. The van der Waals surface area contributed by atoms with Crippen LogP contribution in [0.15, 0.2) is 24.3 Å². The molecule has 0 saturated carbocycles. The first-order chi connectivity index (χ1) is 9.56. The number of hydrogen-bond donors (Lipinski definition) is 2. The lowest BCUT2D eigenvalue weighted by Crippen LogP contribution is -2.36. The summed E-state index contributed by atoms with van der Waals surface area (Å²) in [5.74, 6) is -0.903. The molecule has 0 aliphatic rings. The number of carbonyl (C=O) groups is 2. The van der Waals surface area contributed by atoms with Gasteiger partial charge in [0.25, 0.3) is 0 Å². The largest absolute Gasteiger partial charge is 0.481 e. The molecule has 110 valence electrons. The molecule has 0 heterocycles. The van der Waals surface area contributed by atoms with Crippen LogP contribution in [0.25, 0.3) is 0 Å². The van der Waals surface area contributed by atoms with Gasteiger partial charge >= 0.3 is 12.0 Å². The van der Waals surface area contributed by atoms with Crippen LogP contribution < -0.4 is 5.32 Å². The number of aryl methyl sites for hydroxylation is 1. The highest BCUT2D eigenvalue weighted by Crippen LogP contribution is 2.12. The van der Waals surface area contributed by atoms with Crippen molar-refractivity contribution in [1.82, 2.24) is 4.90 Å². The Kier molecular flexibility index (Phi) is 6.56. The number of anilines is 1. The van der Waals surface area contributed by atoms with Gasteiger partial charge in [0.2, 0.25) is 0 Å². The Bertz CT molecular complexity index is 443. The second kappa shape index (κ2) is 8.19. The van der Waals surface area contributed by atoms with E-state index in [4.69, 9.17) is 5.11 Å². The Balaban J connectivity index is 2.56. The normalized spacial score (nSPS) is 10.1. The van der Waals surface area contributed by atoms with E-state index in [1.54, 1.807) is 0 Å². The van der Waals surface area contributed by atoms with Crippen molar-refractivity contribution in [3.8, 4) is 0 Å². The van der Waals surface area contributed by atoms with Crippen molar-refractivity contribution < 1.29 is 14.7 Å². The summed E-state index contributed by atoms with van der Waals surface area (Å²) in [6.07, 6.45) is 2.06. The molecule has 2 N–H and O–H groups in total. The lowest BCUT2D eigenvalue weighted by atomic mass is 10.1. The molecular weight excluding hydrogens is 256 g/mol. The molecule has 0 radical (unpaired) electrons. The van der Waals surface area contributed by atoms with Crippen molar-refractivity contribution in [2.75, 3.05) is 18.4 Å². The molecule has 5 heteroatoms. The number of benzene rings is 1. The summed E-state index contributed by atoms with van der Waals surface area (Å²) < 4.78 is 0. The van der Waals surface area contributed by atoms with Crippen molar-refractivity contribution in [2.24, 2.45) is 0 Å². The smallest absolute Gasteiger partial charge is 0.321 e. The third kappa shape index (κ3) is 5.30. The van der Waals surface area contributed by atoms with Gasteiger partial charge in [-0.2, -0.15) is 0 Å². The topological polar surface area (TPSA) is 69.6 Å². The highest BCUT2D eigenvalue weighted by Gasteiger charge is 2.12. The molecule has 1 aromatic rings. The number of carboxylic acid groups (broad SMARTS) is 1. The molecule has 1 rings (SSSR count). The minimum absolute atomic E-state index is 0.0449. The molecule has 20 heavy (non-hydrogen) atoms. The average molecular weight is 278 g/mol. The molecule has 0 aliphatic carbocycles. The second-order valence-corrected chi connectivity index (χ2v) is 4.60. The molecule has 2 amide bonds. The van der Waals surface area contributed by atoms with E-state index in [0.29, 0.717) is 6.54 Å². The second-order valence-electron chi connectivity index (χ2n) is 4.60. The van der Waals surface area contributed by atoms with E-state index in [2.05, 4.69) is 12.2 Å². The van der Waals surface area contributed by atoms with E-state index < -0.39 is 5.97 Å². The summed E-state index contributed by atoms with van der Waals surface area (Å²) >= 11 is 0. The van der Waals surface area contributed by atoms with Gasteiger partial charge in [-0.1, -0.05) is 25.5 Å². The van der Waals surface area contributed by atoms with Gasteiger partial charge in [0.05, 0.1) is 6.42 Å². The molecule has 1 aromatic carbocycles. The summed E-state index contributed by atoms with van der Waals surface area (Å²) in [6.45, 7) is 4.64. The van der Waals surface area contributed by atoms with Crippen LogP contribution in [-0.4, -0.2) is 35.1 Å². The average Bonchev–Trinajstić information content (AvgIpc) is 2.41. The number of carboxylic acids is 1. The van der Waals surface area contributed by atoms with Crippen LogP contribution in [0, 0.1) is 0 Å². The number of nitrogens with one attached hydrogen (secondary N) is 1. The molecule has 0 unspecified atom stereocenters. The van der Waals surface area contributed by atoms with Gasteiger partial charge in [0.15, 0.2) is 0 Å². The van der Waals surface area contributed by atoms with Gasteiger partial charge in [-0.05, 0) is 31.0 Å². The Morgan fingerprint density at radius 3 is 2.35 bits per heavy atom. The highest BCUT2D eigenvalue weighted by atomic mass is 16.4. The third-order valence-corrected chi connectivity index (χ3v) is 3.01. The van der Waals surface area contributed by atoms with E-state index in [1.165, 1.54) is 10.5 Å². The van der Waals surface area contributed by atoms with Gasteiger partial charge in [-0.3, -0.25) is 4.79 Å². The molecule has 0 bridgehead atoms. The van der Waals surface area contributed by atoms with E-state index in [0.717, 1.165) is 18.5 Å². The van der Waals surface area contributed by atoms with Gasteiger partial charge < -0.3 is 15.3 Å². The standard InChI is InChI=1S/C15H22N2O3/c1-3-5-12-6-8-13(9-7-12)16-15(20)17(4-2)11-10-14(18)19/h6-9H,3-5,10-11H2,1-2H3,(H,16,20)(H,18,19). The van der Waals surface area contributed by atoms with Crippen LogP contribution >= 0.6 is 0 Å². The van der Waals surface area contributed by atoms with E-state index in [9.17, 15) is 9.59 Å². The lowest BCUT2D eigenvalue weighted by Gasteiger charge is -2.20. The molecule has 0 aliphatic heterocycles. The van der Waals surface area contributed by atoms with Crippen LogP contribution in [0.4, 0.5) is 10.5 Å². The van der Waals surface area contributed by atoms with E-state index in [1.807, 2.05) is 31.2 Å². The number of nitrogens with zero attached hydrogens (tertiary/aromatic N) is 1. The molecular formula is C15H22N2O3. The summed E-state index contributed by atoms with van der Waals surface area (Å²) in [5, 5.41) is 11.4. The summed E-state index contributed by atoms with van der Waals surface area (Å²) in [7, 11) is 0. The SMILES string of the molecule is CCCc1ccc(NC(=O)N(CC)CCC(=O)O)cc1. The van der Waals surface area contributed by atoms with Crippen molar-refractivity contribution >= 4 is 17.7 Å². The van der Waals surface area contributed by atoms with Crippen molar-refractivity contribution in [3.63, 3.8) is 0 Å². The van der Waals surface area contributed by atoms with E-state index in [-0.39, 0.29) is 19.0 Å². The minimum atomic E-state index is -0.903. The maximum atomic E-state index is 12.0. The van der Waals surface area contributed by atoms with Crippen molar-refractivity contribution in [1.29, 1.82) is 0 Å². The first-order valence-corrected chi connectivity index (χ1v) is 6.93. The zero-order valence-corrected chi connectivity index (χ0v) is 12.1. The van der Waals surface area contributed by atoms with E-state index >= 15 is 0 Å². The summed E-state index contributed by atoms with van der Waals surface area (Å²) in [6, 6.07) is 7.46. The lowest BCUT2D eigenvalue weighted by molar-refractivity contribution is -0.137. The molecule has 0 atom stereocenters. The molecule has 0 spiro atoms. The van der Waals surface area contributed by atoms with Gasteiger partial charge in [-0.25, -0.2) is 4.79 Å². The molecule has 5 nitrogen and oxygen atoms in total. The Morgan fingerprint density at radius 1 is 1.20 bits per heavy atom. The molecule has 0 saturated heterocycles. The van der Waals surface area contributed by atoms with Gasteiger partial charge in [-0.15, -0.1) is 0 Å². The maximum Gasteiger partial charge on any atom is 0.321 e. The first kappa shape index (κ1) is 16.0. The third-order valence-electron chi connectivity index (χ3n) is 3.01. The fraction of sp³-hybridized carbons (Fsp3) is 0.467. The number of amides is 2. The Labute approximate surface area is 119 Å². The number of rotatable bonds is 7. The van der Waals surface area contributed by atoms with Crippen molar-refractivity contribution in [3.05, 3.63) is 29.8 Å². The first-order valence-electron chi connectivity index (χ1n) is 6.93. The maximum absolute atomic E-state index is 12.0. The highest BCUT2D eigenvalue weighted by molar-refractivity contribution is 5.89. The minimum Gasteiger partial charge on any atom is -0.481 e. The van der Waals surface area contributed by atoms with Gasteiger partial charge in [0.1, 0.15) is 0 Å². The van der Waals surface area contributed by atoms with Crippen LogP contribution in [0.3, 0.4) is 0 Å². The quantitative estimate of drug-likeness (QED) is 0.805. The van der Waals surface area contributed by atoms with Crippen LogP contribution in [-0.2, 0) is 11.2 Å². The number of hydrogen-bond acceptors (Lipinski definition) is 2. The zero-order valence-electron chi connectivity index (χ0n) is 12.1. The fourth-order valence-electron chi connectivity index (χ4n) is 1.88. The fourth-order valence-corrected chi connectivity index (χ4v) is 1.88. The Hall–Kier alpha value is -2.04. The molecule has 0 fully saturated rings. The zero-order chi connectivity index (χ0) is 15.0. The van der Waals surface area contributed by atoms with Crippen LogP contribution in [0.2, 0.25) is 0 Å². The predicted octanol–water partition coefficient (Wildman–Crippen LogP) is 2.97. The van der Waals surface area contributed by atoms with Crippen LogP contribution in [0.5, 0.6) is 0 Å². The number of aliphatic carboxylic acids is 1.